The molecule has 0 heterocycles. The van der Waals surface area contributed by atoms with Gasteiger partial charge in [0.15, 0.2) is 0 Å². The Labute approximate surface area is 116 Å². The van der Waals surface area contributed by atoms with E-state index in [-0.39, 0.29) is 17.5 Å². The van der Waals surface area contributed by atoms with Gasteiger partial charge in [-0.1, -0.05) is 12.1 Å². The molecule has 1 aromatic carbocycles. The van der Waals surface area contributed by atoms with E-state index in [1.165, 1.54) is 12.5 Å². The van der Waals surface area contributed by atoms with Crippen molar-refractivity contribution in [2.24, 2.45) is 0 Å². The summed E-state index contributed by atoms with van der Waals surface area (Å²) in [5.74, 6) is -0.206. The maximum Gasteiger partial charge on any atom is 0.137 e. The molecule has 0 saturated heterocycles. The van der Waals surface area contributed by atoms with Gasteiger partial charge in [-0.3, -0.25) is 0 Å². The van der Waals surface area contributed by atoms with E-state index in [1.807, 2.05) is 13.1 Å². The lowest BCUT2D eigenvalue weighted by molar-refractivity contribution is -0.0967. The number of nitrogens with one attached hydrogen (secondary N) is 1. The SMILES string of the molecule is CNC(Cc1cccc(F)c1Br)C1(OC)CCC1. The molecule has 100 valence electrons. The molecule has 0 spiro atoms. The molecule has 1 aliphatic rings. The first-order valence-electron chi connectivity index (χ1n) is 6.28. The first kappa shape index (κ1) is 14.0. The molecule has 1 N–H and O–H groups in total. The van der Waals surface area contributed by atoms with Crippen LogP contribution in [-0.4, -0.2) is 25.8 Å². The molecule has 0 amide bonds. The fourth-order valence-corrected chi connectivity index (χ4v) is 3.12. The third kappa shape index (κ3) is 2.46. The summed E-state index contributed by atoms with van der Waals surface area (Å²) < 4.78 is 19.8. The van der Waals surface area contributed by atoms with Crippen LogP contribution in [0.25, 0.3) is 0 Å². The average molecular weight is 316 g/mol. The van der Waals surface area contributed by atoms with Gasteiger partial charge in [-0.05, 0) is 60.3 Å². The molecule has 1 aromatic rings. The Bertz CT molecular complexity index is 415. The van der Waals surface area contributed by atoms with Crippen molar-refractivity contribution in [1.82, 2.24) is 5.32 Å². The smallest absolute Gasteiger partial charge is 0.137 e. The maximum absolute atomic E-state index is 13.5. The Morgan fingerprint density at radius 1 is 1.50 bits per heavy atom. The van der Waals surface area contributed by atoms with Crippen LogP contribution >= 0.6 is 15.9 Å². The number of benzene rings is 1. The molecule has 1 unspecified atom stereocenters. The van der Waals surface area contributed by atoms with Gasteiger partial charge in [-0.25, -0.2) is 4.39 Å². The molecule has 1 aliphatic carbocycles. The van der Waals surface area contributed by atoms with Crippen LogP contribution in [0.2, 0.25) is 0 Å². The minimum Gasteiger partial charge on any atom is -0.377 e. The van der Waals surface area contributed by atoms with Crippen molar-refractivity contribution in [3.05, 3.63) is 34.1 Å². The number of likely N-dealkylation sites (N-methyl/N-ethyl adjacent to an activating group) is 1. The van der Waals surface area contributed by atoms with Gasteiger partial charge in [0.25, 0.3) is 0 Å². The maximum atomic E-state index is 13.5. The van der Waals surface area contributed by atoms with Crippen molar-refractivity contribution >= 4 is 15.9 Å². The lowest BCUT2D eigenvalue weighted by atomic mass is 9.72. The molecule has 0 aliphatic heterocycles. The predicted octanol–water partition coefficient (Wildman–Crippen LogP) is 3.29. The molecule has 1 fully saturated rings. The number of hydrogen-bond acceptors (Lipinski definition) is 2. The standard InChI is InChI=1S/C14H19BrFNO/c1-17-12(14(18-2)7-4-8-14)9-10-5-3-6-11(16)13(10)15/h3,5-6,12,17H,4,7-9H2,1-2H3. The topological polar surface area (TPSA) is 21.3 Å². The van der Waals surface area contributed by atoms with E-state index < -0.39 is 0 Å². The third-order valence-corrected chi connectivity index (χ3v) is 4.93. The first-order chi connectivity index (χ1) is 8.63. The van der Waals surface area contributed by atoms with E-state index in [2.05, 4.69) is 21.2 Å². The van der Waals surface area contributed by atoms with Crippen molar-refractivity contribution < 1.29 is 9.13 Å². The van der Waals surface area contributed by atoms with Crippen molar-refractivity contribution in [2.75, 3.05) is 14.2 Å². The Kier molecular flexibility index (Phi) is 4.41. The molecule has 1 atom stereocenters. The van der Waals surface area contributed by atoms with E-state index in [4.69, 9.17) is 4.74 Å². The van der Waals surface area contributed by atoms with Gasteiger partial charge >= 0.3 is 0 Å². The summed E-state index contributed by atoms with van der Waals surface area (Å²) in [6.07, 6.45) is 4.11. The van der Waals surface area contributed by atoms with Crippen LogP contribution in [0, 0.1) is 5.82 Å². The Morgan fingerprint density at radius 2 is 2.22 bits per heavy atom. The molecule has 0 radical (unpaired) electrons. The van der Waals surface area contributed by atoms with Crippen molar-refractivity contribution in [3.8, 4) is 0 Å². The fraction of sp³-hybridized carbons (Fsp3) is 0.571. The van der Waals surface area contributed by atoms with Crippen LogP contribution < -0.4 is 5.32 Å². The highest BCUT2D eigenvalue weighted by atomic mass is 79.9. The van der Waals surface area contributed by atoms with Crippen LogP contribution in [0.15, 0.2) is 22.7 Å². The highest BCUT2D eigenvalue weighted by molar-refractivity contribution is 9.10. The summed E-state index contributed by atoms with van der Waals surface area (Å²) in [6, 6.07) is 5.40. The van der Waals surface area contributed by atoms with Crippen LogP contribution in [0.4, 0.5) is 4.39 Å². The fourth-order valence-electron chi connectivity index (χ4n) is 2.70. The minimum atomic E-state index is -0.206. The number of rotatable bonds is 5. The lowest BCUT2D eigenvalue weighted by Crippen LogP contribution is -2.56. The number of halogens is 2. The summed E-state index contributed by atoms with van der Waals surface area (Å²) in [4.78, 5) is 0. The molecule has 18 heavy (non-hydrogen) atoms. The van der Waals surface area contributed by atoms with Crippen molar-refractivity contribution in [3.63, 3.8) is 0 Å². The van der Waals surface area contributed by atoms with Gasteiger partial charge < -0.3 is 10.1 Å². The molecule has 0 bridgehead atoms. The van der Waals surface area contributed by atoms with Gasteiger partial charge in [-0.2, -0.15) is 0 Å². The van der Waals surface area contributed by atoms with Gasteiger partial charge in [-0.15, -0.1) is 0 Å². The summed E-state index contributed by atoms with van der Waals surface area (Å²) in [6.45, 7) is 0. The van der Waals surface area contributed by atoms with Gasteiger partial charge in [0, 0.05) is 13.2 Å². The molecular weight excluding hydrogens is 297 g/mol. The van der Waals surface area contributed by atoms with E-state index in [0.717, 1.165) is 24.8 Å². The van der Waals surface area contributed by atoms with E-state index >= 15 is 0 Å². The van der Waals surface area contributed by atoms with Crippen molar-refractivity contribution in [2.45, 2.75) is 37.3 Å². The Hall–Kier alpha value is -0.450. The summed E-state index contributed by atoms with van der Waals surface area (Å²) in [5.41, 5.74) is 0.901. The number of methoxy groups -OCH3 is 1. The van der Waals surface area contributed by atoms with E-state index in [9.17, 15) is 4.39 Å². The minimum absolute atomic E-state index is 0.0828. The summed E-state index contributed by atoms with van der Waals surface area (Å²) >= 11 is 3.32. The van der Waals surface area contributed by atoms with E-state index in [0.29, 0.717) is 4.47 Å². The monoisotopic (exact) mass is 315 g/mol. The second-order valence-corrected chi connectivity index (χ2v) is 5.67. The molecule has 4 heteroatoms. The summed E-state index contributed by atoms with van der Waals surface area (Å²) in [7, 11) is 3.71. The normalized spacial score (nSPS) is 19.3. The lowest BCUT2D eigenvalue weighted by Gasteiger charge is -2.46. The Balaban J connectivity index is 2.18. The van der Waals surface area contributed by atoms with Crippen LogP contribution in [0.3, 0.4) is 0 Å². The highest BCUT2D eigenvalue weighted by Gasteiger charge is 2.43. The second kappa shape index (κ2) is 5.68. The average Bonchev–Trinajstić information content (AvgIpc) is 2.32. The largest absolute Gasteiger partial charge is 0.377 e. The number of hydrogen-bond donors (Lipinski definition) is 1. The Morgan fingerprint density at radius 3 is 2.72 bits per heavy atom. The summed E-state index contributed by atoms with van der Waals surface area (Å²) in [5, 5.41) is 3.32. The van der Waals surface area contributed by atoms with Crippen LogP contribution in [-0.2, 0) is 11.2 Å². The molecule has 2 nitrogen and oxygen atoms in total. The highest BCUT2D eigenvalue weighted by Crippen LogP contribution is 2.39. The van der Waals surface area contributed by atoms with Crippen molar-refractivity contribution in [1.29, 1.82) is 0 Å². The zero-order chi connectivity index (χ0) is 13.2. The molecule has 0 aromatic heterocycles. The first-order valence-corrected chi connectivity index (χ1v) is 7.07. The third-order valence-electron chi connectivity index (χ3n) is 4.05. The molecular formula is C14H19BrFNO. The number of ether oxygens (including phenoxy) is 1. The van der Waals surface area contributed by atoms with Gasteiger partial charge in [0.2, 0.25) is 0 Å². The zero-order valence-electron chi connectivity index (χ0n) is 10.8. The quantitative estimate of drug-likeness (QED) is 0.900. The van der Waals surface area contributed by atoms with Crippen LogP contribution in [0.5, 0.6) is 0 Å². The second-order valence-electron chi connectivity index (χ2n) is 4.88. The zero-order valence-corrected chi connectivity index (χ0v) is 12.4. The van der Waals surface area contributed by atoms with Crippen LogP contribution in [0.1, 0.15) is 24.8 Å². The molecule has 2 rings (SSSR count). The van der Waals surface area contributed by atoms with E-state index in [1.54, 1.807) is 13.2 Å². The molecule has 1 saturated carbocycles. The van der Waals surface area contributed by atoms with Gasteiger partial charge in [0.05, 0.1) is 10.1 Å². The van der Waals surface area contributed by atoms with Gasteiger partial charge in [0.1, 0.15) is 5.82 Å². The predicted molar refractivity (Wildman–Crippen MR) is 74.2 cm³/mol.